The van der Waals surface area contributed by atoms with Crippen molar-refractivity contribution in [3.63, 3.8) is 0 Å². The van der Waals surface area contributed by atoms with Gasteiger partial charge in [-0.25, -0.2) is 4.79 Å². The number of aliphatic hydroxyl groups is 1. The number of nitrogens with one attached hydrogen (secondary N) is 3. The molecule has 0 bridgehead atoms. The van der Waals surface area contributed by atoms with E-state index >= 15 is 0 Å². The van der Waals surface area contributed by atoms with Crippen LogP contribution >= 0.6 is 0 Å². The minimum atomic E-state index is -0.596. The number of rotatable bonds is 10. The van der Waals surface area contributed by atoms with Gasteiger partial charge in [0.15, 0.2) is 6.29 Å². The number of piperidine rings is 1. The highest BCUT2D eigenvalue weighted by Gasteiger charge is 2.44. The topological polar surface area (TPSA) is 112 Å². The lowest BCUT2D eigenvalue weighted by Gasteiger charge is -2.50. The lowest BCUT2D eigenvalue weighted by atomic mass is 9.75. The number of hydrogen-bond acceptors (Lipinski definition) is 6. The van der Waals surface area contributed by atoms with E-state index in [4.69, 9.17) is 9.47 Å². The van der Waals surface area contributed by atoms with E-state index in [9.17, 15) is 14.7 Å². The van der Waals surface area contributed by atoms with Crippen LogP contribution in [0.15, 0.2) is 78.9 Å². The highest BCUT2D eigenvalue weighted by atomic mass is 16.7. The first kappa shape index (κ1) is 36.0. The Morgan fingerprint density at radius 2 is 1.42 bits per heavy atom. The number of ether oxygens (including phenoxy) is 2. The summed E-state index contributed by atoms with van der Waals surface area (Å²) in [5, 5.41) is 18.8. The van der Waals surface area contributed by atoms with Crippen molar-refractivity contribution in [1.82, 2.24) is 20.9 Å². The smallest absolute Gasteiger partial charge is 0.315 e. The molecule has 2 saturated heterocycles. The van der Waals surface area contributed by atoms with Gasteiger partial charge in [-0.1, -0.05) is 91.7 Å². The zero-order valence-corrected chi connectivity index (χ0v) is 29.8. The largest absolute Gasteiger partial charge is 0.392 e. The zero-order valence-electron chi connectivity index (χ0n) is 29.8. The Balaban J connectivity index is 1.17. The average Bonchev–Trinajstić information content (AvgIpc) is 3.13. The second-order valence-electron chi connectivity index (χ2n) is 15.3. The number of carbonyl (C=O) groups excluding carboxylic acids is 2. The second kappa shape index (κ2) is 16.5. The van der Waals surface area contributed by atoms with Crippen LogP contribution < -0.4 is 16.0 Å². The predicted molar refractivity (Wildman–Crippen MR) is 194 cm³/mol. The molecule has 0 radical (unpaired) electrons. The Hall–Kier alpha value is -3.76. The molecule has 268 valence electrons. The summed E-state index contributed by atoms with van der Waals surface area (Å²) in [5.41, 5.74) is 4.52. The summed E-state index contributed by atoms with van der Waals surface area (Å²) in [4.78, 5) is 28.6. The second-order valence-corrected chi connectivity index (χ2v) is 15.3. The maximum Gasteiger partial charge on any atom is 0.315 e. The van der Waals surface area contributed by atoms with Crippen molar-refractivity contribution in [2.45, 2.75) is 122 Å². The van der Waals surface area contributed by atoms with Crippen LogP contribution in [-0.4, -0.2) is 52.2 Å². The Morgan fingerprint density at radius 3 is 2.10 bits per heavy atom. The maximum absolute atomic E-state index is 13.7. The minimum Gasteiger partial charge on any atom is -0.392 e. The summed E-state index contributed by atoms with van der Waals surface area (Å²) in [5.74, 6) is 0.723. The van der Waals surface area contributed by atoms with Gasteiger partial charge in [-0.3, -0.25) is 9.69 Å². The number of carbonyl (C=O) groups is 2. The Bertz CT molecular complexity index is 1540. The molecule has 6 rings (SSSR count). The van der Waals surface area contributed by atoms with Crippen molar-refractivity contribution in [2.75, 3.05) is 6.54 Å². The van der Waals surface area contributed by atoms with Crippen LogP contribution in [0.5, 0.6) is 0 Å². The zero-order chi connectivity index (χ0) is 35.1. The third-order valence-electron chi connectivity index (χ3n) is 10.3. The number of aliphatic hydroxyl groups excluding tert-OH is 1. The van der Waals surface area contributed by atoms with E-state index in [1.54, 1.807) is 0 Å². The number of nitrogens with zero attached hydrogens (tertiary/aromatic N) is 1. The number of hydrogen-bond donors (Lipinski definition) is 4. The molecule has 0 unspecified atom stereocenters. The lowest BCUT2D eigenvalue weighted by molar-refractivity contribution is -0.255. The van der Waals surface area contributed by atoms with E-state index in [1.807, 2.05) is 99.6 Å². The van der Waals surface area contributed by atoms with Gasteiger partial charge < -0.3 is 30.5 Å². The first-order valence-electron chi connectivity index (χ1n) is 18.4. The molecule has 2 aliphatic heterocycles. The lowest BCUT2D eigenvalue weighted by Crippen LogP contribution is -2.61. The molecule has 1 aliphatic carbocycles. The van der Waals surface area contributed by atoms with Gasteiger partial charge in [0.1, 0.15) is 0 Å². The molecule has 1 saturated carbocycles. The van der Waals surface area contributed by atoms with Gasteiger partial charge in [0.2, 0.25) is 5.91 Å². The summed E-state index contributed by atoms with van der Waals surface area (Å²) < 4.78 is 13.4. The van der Waals surface area contributed by atoms with Gasteiger partial charge in [0.05, 0.1) is 24.9 Å². The summed E-state index contributed by atoms with van der Waals surface area (Å²) in [6.07, 6.45) is 6.45. The summed E-state index contributed by atoms with van der Waals surface area (Å²) >= 11 is 0. The van der Waals surface area contributed by atoms with Gasteiger partial charge in [-0.2, -0.15) is 0 Å². The van der Waals surface area contributed by atoms with Gasteiger partial charge in [-0.05, 0) is 74.6 Å². The Labute approximate surface area is 297 Å². The van der Waals surface area contributed by atoms with Gasteiger partial charge in [0, 0.05) is 43.2 Å². The van der Waals surface area contributed by atoms with Crippen LogP contribution in [0.4, 0.5) is 4.79 Å². The van der Waals surface area contributed by atoms with Crippen molar-refractivity contribution < 1.29 is 24.2 Å². The van der Waals surface area contributed by atoms with Crippen LogP contribution in [-0.2, 0) is 34.0 Å². The van der Waals surface area contributed by atoms with Crippen molar-refractivity contribution in [3.05, 3.63) is 107 Å². The summed E-state index contributed by atoms with van der Waals surface area (Å²) in [6.45, 7) is 7.65. The molecule has 4 N–H and O–H groups in total. The first-order chi connectivity index (χ1) is 24.1. The number of fused-ring (bicyclic) bond motifs is 1. The maximum atomic E-state index is 13.7. The predicted octanol–water partition coefficient (Wildman–Crippen LogP) is 6.66. The molecule has 3 aromatic carbocycles. The van der Waals surface area contributed by atoms with Gasteiger partial charge in [0.25, 0.3) is 0 Å². The molecule has 9 nitrogen and oxygen atoms in total. The van der Waals surface area contributed by atoms with E-state index < -0.39 is 6.29 Å². The normalized spacial score (nSPS) is 25.7. The standard InChI is InChI=1S/C41H54N4O5/c1-41(2,3)44-38(47)36-22-21-31-11-7-8-12-35(31)45(36)26-34-23-37(32-17-15-30(27-46)16-18-32)50-39(49-34)33-19-13-29(14-20-33)25-43-40(48)42-24-28-9-5-4-6-10-28/h4-6,9-10,13-20,31,34-37,39,46H,7-8,11-12,21-27H2,1-3H3,(H,44,47)(H2,42,43,48)/t31-,34+,35-,36-,37-,39-/m1/s1. The van der Waals surface area contributed by atoms with Crippen molar-refractivity contribution in [2.24, 2.45) is 5.92 Å². The molecule has 3 fully saturated rings. The number of benzene rings is 3. The molecule has 3 aromatic rings. The van der Waals surface area contributed by atoms with Crippen LogP contribution in [0.25, 0.3) is 0 Å². The molecular weight excluding hydrogens is 628 g/mol. The van der Waals surface area contributed by atoms with Crippen LogP contribution in [0.3, 0.4) is 0 Å². The van der Waals surface area contributed by atoms with E-state index in [0.717, 1.165) is 47.1 Å². The SMILES string of the molecule is CC(C)(C)NC(=O)[C@H]1CC[C@H]2CCCC[C@H]2N1C[C@@H]1C[C@H](c2ccc(CO)cc2)O[C@H](c2ccc(CNC(=O)NCc3ccccc3)cc2)O1. The third kappa shape index (κ3) is 9.51. The van der Waals surface area contributed by atoms with Crippen molar-refractivity contribution >= 4 is 11.9 Å². The quantitative estimate of drug-likeness (QED) is 0.190. The molecule has 0 spiro atoms. The highest BCUT2D eigenvalue weighted by Crippen LogP contribution is 2.42. The fourth-order valence-electron chi connectivity index (χ4n) is 7.81. The number of amides is 3. The molecule has 6 atom stereocenters. The molecular formula is C41H54N4O5. The Morgan fingerprint density at radius 1 is 0.780 bits per heavy atom. The fraction of sp³-hybridized carbons (Fsp3) is 0.512. The monoisotopic (exact) mass is 682 g/mol. The van der Waals surface area contributed by atoms with Crippen LogP contribution in [0.2, 0.25) is 0 Å². The number of likely N-dealkylation sites (tertiary alicyclic amines) is 1. The first-order valence-corrected chi connectivity index (χ1v) is 18.4. The highest BCUT2D eigenvalue weighted by molar-refractivity contribution is 5.82. The summed E-state index contributed by atoms with van der Waals surface area (Å²) in [7, 11) is 0. The van der Waals surface area contributed by atoms with E-state index in [-0.39, 0.29) is 42.3 Å². The van der Waals surface area contributed by atoms with E-state index in [0.29, 0.717) is 38.0 Å². The molecule has 50 heavy (non-hydrogen) atoms. The number of urea groups is 1. The van der Waals surface area contributed by atoms with Gasteiger partial charge >= 0.3 is 6.03 Å². The molecule has 0 aromatic heterocycles. The molecule has 9 heteroatoms. The summed E-state index contributed by atoms with van der Waals surface area (Å²) in [6, 6.07) is 25.8. The average molecular weight is 683 g/mol. The molecule has 2 heterocycles. The third-order valence-corrected chi connectivity index (χ3v) is 10.3. The minimum absolute atomic E-state index is 0.00834. The fourth-order valence-corrected chi connectivity index (χ4v) is 7.81. The van der Waals surface area contributed by atoms with Gasteiger partial charge in [-0.15, -0.1) is 0 Å². The van der Waals surface area contributed by atoms with Crippen molar-refractivity contribution in [3.8, 4) is 0 Å². The van der Waals surface area contributed by atoms with Crippen LogP contribution in [0.1, 0.15) is 106 Å². The van der Waals surface area contributed by atoms with E-state index in [1.165, 1.54) is 19.3 Å². The van der Waals surface area contributed by atoms with E-state index in [2.05, 4.69) is 20.9 Å². The van der Waals surface area contributed by atoms with Crippen molar-refractivity contribution in [1.29, 1.82) is 0 Å². The molecule has 3 amide bonds. The van der Waals surface area contributed by atoms with Crippen LogP contribution in [0, 0.1) is 5.92 Å². The Kier molecular flexibility index (Phi) is 11.9. The molecule has 3 aliphatic rings.